The summed E-state index contributed by atoms with van der Waals surface area (Å²) in [5, 5.41) is 5.99. The van der Waals surface area contributed by atoms with E-state index >= 15 is 0 Å². The first kappa shape index (κ1) is 12.4. The van der Waals surface area contributed by atoms with E-state index in [1.54, 1.807) is 7.11 Å². The molecule has 1 aromatic carbocycles. The minimum atomic E-state index is -0.0772. The van der Waals surface area contributed by atoms with Crippen LogP contribution in [-0.2, 0) is 4.79 Å². The molecule has 0 heterocycles. The fourth-order valence-corrected chi connectivity index (χ4v) is 1.39. The van der Waals surface area contributed by atoms with Gasteiger partial charge in [0.15, 0.2) is 0 Å². The molecule has 2 N–H and O–H groups in total. The highest BCUT2D eigenvalue weighted by Gasteiger charge is 2.04. The third-order valence-electron chi connectivity index (χ3n) is 2.09. The Morgan fingerprint density at radius 1 is 1.44 bits per heavy atom. The van der Waals surface area contributed by atoms with Crippen LogP contribution >= 0.6 is 0 Å². The number of carbonyl (C=O) groups excluding carboxylic acids is 1. The fourth-order valence-electron chi connectivity index (χ4n) is 1.39. The highest BCUT2D eigenvalue weighted by molar-refractivity contribution is 5.89. The lowest BCUT2D eigenvalue weighted by molar-refractivity contribution is -0.114. The second-order valence-corrected chi connectivity index (χ2v) is 3.52. The van der Waals surface area contributed by atoms with Crippen molar-refractivity contribution in [2.24, 2.45) is 0 Å². The number of amides is 1. The van der Waals surface area contributed by atoms with Gasteiger partial charge >= 0.3 is 0 Å². The maximum atomic E-state index is 10.9. The Hall–Kier alpha value is -1.71. The number of nitrogens with one attached hydrogen (secondary N) is 2. The number of carbonyl (C=O) groups is 1. The van der Waals surface area contributed by atoms with Crippen LogP contribution in [0.3, 0.4) is 0 Å². The molecular formula is C12H18N2O2. The summed E-state index contributed by atoms with van der Waals surface area (Å²) in [6, 6.07) is 5.52. The van der Waals surface area contributed by atoms with Crippen LogP contribution in [0.4, 0.5) is 11.4 Å². The molecule has 4 nitrogen and oxygen atoms in total. The summed E-state index contributed by atoms with van der Waals surface area (Å²) in [5.74, 6) is 0.703. The van der Waals surface area contributed by atoms with Gasteiger partial charge < -0.3 is 15.4 Å². The van der Waals surface area contributed by atoms with Crippen molar-refractivity contribution in [3.63, 3.8) is 0 Å². The van der Waals surface area contributed by atoms with Crippen molar-refractivity contribution in [3.8, 4) is 5.75 Å². The Balaban J connectivity index is 2.87. The molecule has 0 saturated heterocycles. The maximum absolute atomic E-state index is 10.9. The Bertz CT molecular complexity index is 364. The highest BCUT2D eigenvalue weighted by atomic mass is 16.5. The van der Waals surface area contributed by atoms with Gasteiger partial charge in [0, 0.05) is 19.2 Å². The zero-order valence-corrected chi connectivity index (χ0v) is 9.96. The minimum Gasteiger partial charge on any atom is -0.495 e. The highest BCUT2D eigenvalue weighted by Crippen LogP contribution is 2.27. The summed E-state index contributed by atoms with van der Waals surface area (Å²) < 4.78 is 5.23. The van der Waals surface area contributed by atoms with Gasteiger partial charge in [-0.1, -0.05) is 6.92 Å². The third-order valence-corrected chi connectivity index (χ3v) is 2.09. The molecule has 0 aliphatic rings. The van der Waals surface area contributed by atoms with Crippen LogP contribution in [0.1, 0.15) is 20.3 Å². The molecule has 1 rings (SSSR count). The van der Waals surface area contributed by atoms with Crippen LogP contribution in [0.2, 0.25) is 0 Å². The molecule has 0 unspecified atom stereocenters. The van der Waals surface area contributed by atoms with Crippen molar-refractivity contribution in [1.82, 2.24) is 0 Å². The first-order valence-corrected chi connectivity index (χ1v) is 5.37. The molecule has 0 saturated carbocycles. The fraction of sp³-hybridized carbons (Fsp3) is 0.417. The largest absolute Gasteiger partial charge is 0.495 e. The van der Waals surface area contributed by atoms with Crippen LogP contribution in [0, 0.1) is 0 Å². The lowest BCUT2D eigenvalue weighted by Gasteiger charge is -2.12. The van der Waals surface area contributed by atoms with Gasteiger partial charge in [-0.25, -0.2) is 0 Å². The molecule has 0 aliphatic heterocycles. The van der Waals surface area contributed by atoms with Gasteiger partial charge in [0.2, 0.25) is 5.91 Å². The van der Waals surface area contributed by atoms with E-state index in [4.69, 9.17) is 4.74 Å². The minimum absolute atomic E-state index is 0.0772. The monoisotopic (exact) mass is 222 g/mol. The molecule has 16 heavy (non-hydrogen) atoms. The number of anilines is 2. The van der Waals surface area contributed by atoms with Crippen molar-refractivity contribution >= 4 is 17.3 Å². The van der Waals surface area contributed by atoms with E-state index in [1.807, 2.05) is 18.2 Å². The molecule has 1 aromatic rings. The van der Waals surface area contributed by atoms with Crippen molar-refractivity contribution in [3.05, 3.63) is 18.2 Å². The van der Waals surface area contributed by atoms with Gasteiger partial charge in [-0.3, -0.25) is 4.79 Å². The summed E-state index contributed by atoms with van der Waals surface area (Å²) in [5.41, 5.74) is 1.67. The smallest absolute Gasteiger partial charge is 0.221 e. The average Bonchev–Trinajstić information content (AvgIpc) is 2.25. The number of methoxy groups -OCH3 is 1. The van der Waals surface area contributed by atoms with Crippen LogP contribution in [0.25, 0.3) is 0 Å². The van der Waals surface area contributed by atoms with Crippen molar-refractivity contribution in [1.29, 1.82) is 0 Å². The topological polar surface area (TPSA) is 50.4 Å². The van der Waals surface area contributed by atoms with Gasteiger partial charge in [0.05, 0.1) is 12.8 Å². The van der Waals surface area contributed by atoms with E-state index in [2.05, 4.69) is 17.6 Å². The van der Waals surface area contributed by atoms with E-state index in [1.165, 1.54) is 6.92 Å². The van der Waals surface area contributed by atoms with Gasteiger partial charge in [0.25, 0.3) is 0 Å². The SMILES string of the molecule is CCCNc1cc(NC(C)=O)ccc1OC. The summed E-state index contributed by atoms with van der Waals surface area (Å²) in [6.45, 7) is 4.46. The van der Waals surface area contributed by atoms with Gasteiger partial charge in [-0.05, 0) is 24.6 Å². The van der Waals surface area contributed by atoms with Crippen molar-refractivity contribution < 1.29 is 9.53 Å². The average molecular weight is 222 g/mol. The van der Waals surface area contributed by atoms with Crippen molar-refractivity contribution in [2.45, 2.75) is 20.3 Å². The Labute approximate surface area is 96.0 Å². The van der Waals surface area contributed by atoms with Crippen LogP contribution in [0.15, 0.2) is 18.2 Å². The molecule has 1 amide bonds. The normalized spacial score (nSPS) is 9.69. The lowest BCUT2D eigenvalue weighted by Crippen LogP contribution is -2.07. The number of rotatable bonds is 5. The van der Waals surface area contributed by atoms with E-state index in [9.17, 15) is 4.79 Å². The number of ether oxygens (including phenoxy) is 1. The summed E-state index contributed by atoms with van der Waals surface area (Å²) in [7, 11) is 1.63. The van der Waals surface area contributed by atoms with Crippen LogP contribution in [0.5, 0.6) is 5.75 Å². The van der Waals surface area contributed by atoms with E-state index in [0.717, 1.165) is 30.1 Å². The van der Waals surface area contributed by atoms with Gasteiger partial charge in [-0.2, -0.15) is 0 Å². The molecular weight excluding hydrogens is 204 g/mol. The molecule has 0 fully saturated rings. The summed E-state index contributed by atoms with van der Waals surface area (Å²) in [4.78, 5) is 10.9. The molecule has 0 aromatic heterocycles. The Kier molecular flexibility index (Phi) is 4.64. The first-order valence-electron chi connectivity index (χ1n) is 5.37. The molecule has 0 bridgehead atoms. The predicted molar refractivity (Wildman–Crippen MR) is 66.1 cm³/mol. The quantitative estimate of drug-likeness (QED) is 0.804. The Morgan fingerprint density at radius 2 is 2.19 bits per heavy atom. The molecule has 88 valence electrons. The van der Waals surface area contributed by atoms with Crippen LogP contribution < -0.4 is 15.4 Å². The first-order chi connectivity index (χ1) is 7.67. The second kappa shape index (κ2) is 6.00. The predicted octanol–water partition coefficient (Wildman–Crippen LogP) is 2.48. The zero-order chi connectivity index (χ0) is 12.0. The zero-order valence-electron chi connectivity index (χ0n) is 9.96. The Morgan fingerprint density at radius 3 is 2.75 bits per heavy atom. The van der Waals surface area contributed by atoms with Crippen molar-refractivity contribution in [2.75, 3.05) is 24.3 Å². The molecule has 0 radical (unpaired) electrons. The van der Waals surface area contributed by atoms with E-state index < -0.39 is 0 Å². The standard InChI is InChI=1S/C12H18N2O2/c1-4-7-13-11-8-10(14-9(2)15)5-6-12(11)16-3/h5-6,8,13H,4,7H2,1-3H3,(H,14,15). The van der Waals surface area contributed by atoms with Gasteiger partial charge in [-0.15, -0.1) is 0 Å². The van der Waals surface area contributed by atoms with Gasteiger partial charge in [0.1, 0.15) is 5.75 Å². The summed E-state index contributed by atoms with van der Waals surface area (Å²) in [6.07, 6.45) is 1.04. The maximum Gasteiger partial charge on any atom is 0.221 e. The number of hydrogen-bond acceptors (Lipinski definition) is 3. The third kappa shape index (κ3) is 3.46. The summed E-state index contributed by atoms with van der Waals surface area (Å²) >= 11 is 0. The van der Waals surface area contributed by atoms with Crippen LogP contribution in [-0.4, -0.2) is 19.6 Å². The number of benzene rings is 1. The lowest BCUT2D eigenvalue weighted by atomic mass is 10.2. The van der Waals surface area contributed by atoms with E-state index in [0.29, 0.717) is 0 Å². The molecule has 0 spiro atoms. The van der Waals surface area contributed by atoms with E-state index in [-0.39, 0.29) is 5.91 Å². The second-order valence-electron chi connectivity index (χ2n) is 3.52. The number of hydrogen-bond donors (Lipinski definition) is 2. The molecule has 0 aliphatic carbocycles. The molecule has 4 heteroatoms. The molecule has 0 atom stereocenters.